The monoisotopic (exact) mass is 1190 g/mol. The predicted molar refractivity (Wildman–Crippen MR) is 317 cm³/mol. The van der Waals surface area contributed by atoms with E-state index >= 15 is 17.6 Å². The van der Waals surface area contributed by atoms with E-state index < -0.39 is 102 Å². The number of ether oxygens (including phenoxy) is 1. The van der Waals surface area contributed by atoms with Gasteiger partial charge in [0.2, 0.25) is 8.32 Å². The summed E-state index contributed by atoms with van der Waals surface area (Å²) in [6, 6.07) is 19.8. The molecule has 2 aromatic carbocycles. The van der Waals surface area contributed by atoms with Crippen molar-refractivity contribution >= 4 is 41.3 Å². The lowest BCUT2D eigenvalue weighted by Gasteiger charge is -2.47. The molecule has 4 atom stereocenters. The van der Waals surface area contributed by atoms with Gasteiger partial charge in [0.25, 0.3) is 8.32 Å². The van der Waals surface area contributed by atoms with Gasteiger partial charge in [-0.1, -0.05) is 241 Å². The third-order valence-corrected chi connectivity index (χ3v) is 34.4. The van der Waals surface area contributed by atoms with Gasteiger partial charge < -0.3 is 18.0 Å². The van der Waals surface area contributed by atoms with Crippen LogP contribution in [0.2, 0.25) is 38.8 Å². The standard InChI is InChI=1S/C63H103F9O5Si3/c1-15-16-17-18-19-20-21-22-23-24-25-28-34-52(77-80(59(12,13)14,56-36-29-26-30-37-56)57-38-31-27-32-39-57)41-42-54(46-55(45-53-35-33-40-58(73)74-53)76-79(49(6)7,50(8)9)51(10)11)75-78(47(2)3,48(4)5)44-43-60(64,65)61(66,67)62(68,69)63(70,71)72/h26-27,29-33,36-40,47-55H,15-25,28,34-35,41-46H2,1-14H3/t52-,53-,54+,55-/m1/s1. The molecule has 0 fully saturated rings. The summed E-state index contributed by atoms with van der Waals surface area (Å²) in [5.74, 6) is -20.0. The Bertz CT molecular complexity index is 2030. The van der Waals surface area contributed by atoms with Crippen LogP contribution in [0.1, 0.15) is 219 Å². The summed E-state index contributed by atoms with van der Waals surface area (Å²) in [6.45, 7) is 28.7. The van der Waals surface area contributed by atoms with Crippen molar-refractivity contribution in [2.24, 2.45) is 0 Å². The van der Waals surface area contributed by atoms with Crippen LogP contribution in [0, 0.1) is 0 Å². The van der Waals surface area contributed by atoms with Crippen LogP contribution in [0.3, 0.4) is 0 Å². The lowest BCUT2D eigenvalue weighted by Crippen LogP contribution is -2.67. The van der Waals surface area contributed by atoms with E-state index in [0.29, 0.717) is 19.3 Å². The molecule has 1 aliphatic heterocycles. The number of rotatable bonds is 38. The first-order valence-electron chi connectivity index (χ1n) is 30.4. The van der Waals surface area contributed by atoms with Gasteiger partial charge in [-0.3, -0.25) is 0 Å². The summed E-state index contributed by atoms with van der Waals surface area (Å²) >= 11 is 0. The molecule has 0 radical (unpaired) electrons. The van der Waals surface area contributed by atoms with E-state index in [4.69, 9.17) is 18.0 Å². The van der Waals surface area contributed by atoms with Crippen molar-refractivity contribution in [1.82, 2.24) is 0 Å². The highest BCUT2D eigenvalue weighted by molar-refractivity contribution is 6.99. The number of carbonyl (C=O) groups is 1. The zero-order valence-electron chi connectivity index (χ0n) is 51.2. The fourth-order valence-corrected chi connectivity index (χ4v) is 28.0. The maximum Gasteiger partial charge on any atom is 0.460 e. The molecule has 460 valence electrons. The Hall–Kier alpha value is -2.45. The fourth-order valence-electron chi connectivity index (χ4n) is 13.0. The molecule has 0 unspecified atom stereocenters. The maximum absolute atomic E-state index is 15.8. The highest BCUT2D eigenvalue weighted by Crippen LogP contribution is 2.56. The lowest BCUT2D eigenvalue weighted by atomic mass is 9.98. The van der Waals surface area contributed by atoms with E-state index in [9.17, 15) is 26.7 Å². The Labute approximate surface area is 480 Å². The van der Waals surface area contributed by atoms with E-state index in [0.717, 1.165) is 36.1 Å². The highest BCUT2D eigenvalue weighted by atomic mass is 28.4. The highest BCUT2D eigenvalue weighted by Gasteiger charge is 2.81. The molecule has 0 aromatic heterocycles. The Morgan fingerprint density at radius 1 is 0.550 bits per heavy atom. The molecule has 0 spiro atoms. The van der Waals surface area contributed by atoms with Crippen LogP contribution in [0.25, 0.3) is 0 Å². The molecule has 0 aliphatic carbocycles. The number of benzene rings is 2. The normalized spacial score (nSPS) is 16.9. The van der Waals surface area contributed by atoms with Crippen molar-refractivity contribution in [3.8, 4) is 0 Å². The molecule has 5 nitrogen and oxygen atoms in total. The van der Waals surface area contributed by atoms with Gasteiger partial charge in [-0.25, -0.2) is 4.79 Å². The minimum atomic E-state index is -7.00. The molecule has 0 saturated heterocycles. The average Bonchev–Trinajstić information content (AvgIpc) is 3.44. The number of halogens is 9. The van der Waals surface area contributed by atoms with Crippen LogP contribution in [0.5, 0.6) is 0 Å². The summed E-state index contributed by atoms with van der Waals surface area (Å²) in [4.78, 5) is 12.8. The molecule has 1 heterocycles. The van der Waals surface area contributed by atoms with E-state index in [1.54, 1.807) is 33.8 Å². The number of hydrogen-bond donors (Lipinski definition) is 0. The topological polar surface area (TPSA) is 54.0 Å². The van der Waals surface area contributed by atoms with Crippen molar-refractivity contribution in [3.63, 3.8) is 0 Å². The smallest absolute Gasteiger partial charge is 0.459 e. The molecule has 0 saturated carbocycles. The van der Waals surface area contributed by atoms with Gasteiger partial charge in [0, 0.05) is 37.5 Å². The number of alkyl halides is 9. The maximum atomic E-state index is 15.8. The second-order valence-corrected chi connectivity index (χ2v) is 40.4. The summed E-state index contributed by atoms with van der Waals surface area (Å²) in [5, 5.41) is 1.79. The Balaban J connectivity index is 2.27. The molecule has 17 heteroatoms. The molecule has 0 bridgehead atoms. The van der Waals surface area contributed by atoms with Crippen molar-refractivity contribution < 1.29 is 62.3 Å². The summed E-state index contributed by atoms with van der Waals surface area (Å²) < 4.78 is 160. The number of unbranched alkanes of at least 4 members (excludes halogenated alkanes) is 11. The molecule has 1 aliphatic rings. The molecular formula is C63H103F9O5Si3. The predicted octanol–water partition coefficient (Wildman–Crippen LogP) is 20.0. The molecule has 3 rings (SSSR count). The van der Waals surface area contributed by atoms with Gasteiger partial charge in [-0.2, -0.15) is 39.5 Å². The molecule has 2 aromatic rings. The third-order valence-electron chi connectivity index (χ3n) is 17.4. The van der Waals surface area contributed by atoms with Gasteiger partial charge in [-0.05, 0) is 74.8 Å². The minimum Gasteiger partial charge on any atom is -0.459 e. The van der Waals surface area contributed by atoms with Crippen LogP contribution in [-0.4, -0.2) is 79.3 Å². The second-order valence-electron chi connectivity index (χ2n) is 25.7. The molecule has 0 N–H and O–H groups in total. The third kappa shape index (κ3) is 18.5. The molecule has 0 amide bonds. The quantitative estimate of drug-likeness (QED) is 0.0290. The van der Waals surface area contributed by atoms with Crippen LogP contribution in [0.4, 0.5) is 39.5 Å². The van der Waals surface area contributed by atoms with E-state index in [1.165, 1.54) is 57.4 Å². The number of hydrogen-bond acceptors (Lipinski definition) is 5. The number of carbonyl (C=O) groups excluding carboxylic acids is 1. The Morgan fingerprint density at radius 2 is 1.00 bits per heavy atom. The first kappa shape index (κ1) is 71.8. The van der Waals surface area contributed by atoms with E-state index in [1.807, 2.05) is 36.4 Å². The first-order valence-corrected chi connectivity index (χ1v) is 36.7. The zero-order chi connectivity index (χ0) is 60.4. The van der Waals surface area contributed by atoms with Gasteiger partial charge in [0.05, 0.1) is 6.10 Å². The summed E-state index contributed by atoms with van der Waals surface area (Å²) in [5.41, 5.74) is -0.798. The molecule has 80 heavy (non-hydrogen) atoms. The number of cyclic esters (lactones) is 1. The van der Waals surface area contributed by atoms with Crippen molar-refractivity contribution in [1.29, 1.82) is 0 Å². The van der Waals surface area contributed by atoms with Crippen LogP contribution in [-0.2, 0) is 22.8 Å². The molecular weight excluding hydrogens is 1090 g/mol. The van der Waals surface area contributed by atoms with E-state index in [-0.39, 0.29) is 42.0 Å². The number of esters is 1. The summed E-state index contributed by atoms with van der Waals surface area (Å²) in [7, 11) is -9.82. The minimum absolute atomic E-state index is 0.122. The zero-order valence-corrected chi connectivity index (χ0v) is 54.2. The SMILES string of the molecule is CCCCCCCCCCCCCC[C@H](CC[C@@H](C[C@@H](C[C@H]1CC=CC(=O)O1)O[Si](C(C)C)(C(C)C)C(C)C)O[Si](CCC(F)(F)C(F)(F)C(F)(F)C(F)(F)F)(C(C)C)C(C)C)O[Si](c1ccccc1)(c1ccccc1)C(C)(C)C. The summed E-state index contributed by atoms with van der Waals surface area (Å²) in [6.07, 6.45) is 8.19. The van der Waals surface area contributed by atoms with Gasteiger partial charge >= 0.3 is 29.9 Å². The van der Waals surface area contributed by atoms with Gasteiger partial charge in [-0.15, -0.1) is 0 Å². The first-order chi connectivity index (χ1) is 37.2. The Kier molecular flexibility index (Phi) is 28.4. The van der Waals surface area contributed by atoms with Crippen molar-refractivity contribution in [2.45, 2.75) is 306 Å². The van der Waals surface area contributed by atoms with Crippen molar-refractivity contribution in [2.75, 3.05) is 0 Å². The largest absolute Gasteiger partial charge is 0.460 e. The van der Waals surface area contributed by atoms with Gasteiger partial charge in [0.15, 0.2) is 8.32 Å². The van der Waals surface area contributed by atoms with Crippen molar-refractivity contribution in [3.05, 3.63) is 72.8 Å². The van der Waals surface area contributed by atoms with Gasteiger partial charge in [0.1, 0.15) is 6.10 Å². The average molecular weight is 1200 g/mol. The second kappa shape index (κ2) is 31.6. The van der Waals surface area contributed by atoms with Crippen LogP contribution >= 0.6 is 0 Å². The Morgan fingerprint density at radius 3 is 1.41 bits per heavy atom. The lowest BCUT2D eigenvalue weighted by molar-refractivity contribution is -0.396. The van der Waals surface area contributed by atoms with Crippen LogP contribution in [0.15, 0.2) is 72.8 Å². The van der Waals surface area contributed by atoms with Crippen LogP contribution < -0.4 is 10.4 Å². The van der Waals surface area contributed by atoms with E-state index in [2.05, 4.69) is 93.5 Å². The fraction of sp³-hybridized carbons (Fsp3) is 0.762.